The van der Waals surface area contributed by atoms with Crippen molar-refractivity contribution in [2.75, 3.05) is 18.5 Å². The summed E-state index contributed by atoms with van der Waals surface area (Å²) in [6.07, 6.45) is 0. The number of aromatic hydroxyl groups is 1. The first-order chi connectivity index (χ1) is 15.6. The van der Waals surface area contributed by atoms with Gasteiger partial charge in [-0.3, -0.25) is 10.1 Å². The number of oxazole rings is 1. The molecule has 2 heterocycles. The Bertz CT molecular complexity index is 1320. The standard InChI is InChI=1S/C23H17N3O5S/c27-17-7-6-14(12-15(17)22-25-16-3-1-2-4-18(16)31-22)24-23(32)26-21(28)13-5-8-19-20(11-13)30-10-9-29-19/h1-8,11-12,27H,9-10H2,(H2,24,26,28,32). The molecular formula is C23H17N3O5S. The fraction of sp³-hybridized carbons (Fsp3) is 0.0870. The summed E-state index contributed by atoms with van der Waals surface area (Å²) in [6, 6.07) is 17.0. The average molecular weight is 447 g/mol. The number of amides is 1. The smallest absolute Gasteiger partial charge is 0.257 e. The van der Waals surface area contributed by atoms with E-state index in [9.17, 15) is 9.90 Å². The zero-order chi connectivity index (χ0) is 22.1. The largest absolute Gasteiger partial charge is 0.507 e. The quantitative estimate of drug-likeness (QED) is 0.318. The number of fused-ring (bicyclic) bond motifs is 2. The maximum absolute atomic E-state index is 12.6. The Labute approximate surface area is 187 Å². The second-order valence-corrected chi connectivity index (χ2v) is 7.39. The van der Waals surface area contributed by atoms with Crippen LogP contribution in [0.1, 0.15) is 10.4 Å². The summed E-state index contributed by atoms with van der Waals surface area (Å²) in [4.78, 5) is 17.0. The molecule has 0 atom stereocenters. The molecule has 1 amide bonds. The van der Waals surface area contributed by atoms with Crippen molar-refractivity contribution in [3.63, 3.8) is 0 Å². The predicted molar refractivity (Wildman–Crippen MR) is 122 cm³/mol. The van der Waals surface area contributed by atoms with Crippen LogP contribution in [0.15, 0.2) is 65.1 Å². The molecule has 5 rings (SSSR count). The van der Waals surface area contributed by atoms with Crippen molar-refractivity contribution >= 4 is 40.0 Å². The Morgan fingerprint density at radius 1 is 1.00 bits per heavy atom. The lowest BCUT2D eigenvalue weighted by molar-refractivity contribution is 0.0976. The molecule has 160 valence electrons. The summed E-state index contributed by atoms with van der Waals surface area (Å²) in [7, 11) is 0. The van der Waals surface area contributed by atoms with Crippen LogP contribution in [0, 0.1) is 0 Å². The van der Waals surface area contributed by atoms with Gasteiger partial charge >= 0.3 is 0 Å². The molecule has 1 aromatic heterocycles. The van der Waals surface area contributed by atoms with Gasteiger partial charge in [0.2, 0.25) is 5.89 Å². The van der Waals surface area contributed by atoms with E-state index in [-0.39, 0.29) is 16.8 Å². The highest BCUT2D eigenvalue weighted by molar-refractivity contribution is 7.80. The third-order valence-corrected chi connectivity index (χ3v) is 5.01. The number of ether oxygens (including phenoxy) is 2. The number of hydrogen-bond acceptors (Lipinski definition) is 7. The van der Waals surface area contributed by atoms with Crippen LogP contribution in [0.5, 0.6) is 17.2 Å². The molecule has 1 aliphatic rings. The molecule has 8 nitrogen and oxygen atoms in total. The molecular weight excluding hydrogens is 430 g/mol. The summed E-state index contributed by atoms with van der Waals surface area (Å²) >= 11 is 5.28. The second-order valence-electron chi connectivity index (χ2n) is 6.99. The minimum Gasteiger partial charge on any atom is -0.507 e. The van der Waals surface area contributed by atoms with Gasteiger partial charge in [0.15, 0.2) is 22.2 Å². The first-order valence-electron chi connectivity index (χ1n) is 9.78. The number of rotatable bonds is 3. The second kappa shape index (κ2) is 8.20. The van der Waals surface area contributed by atoms with Crippen molar-refractivity contribution in [3.8, 4) is 28.7 Å². The van der Waals surface area contributed by atoms with Gasteiger partial charge in [-0.2, -0.15) is 0 Å². The van der Waals surface area contributed by atoms with Crippen molar-refractivity contribution in [1.82, 2.24) is 10.3 Å². The number of benzene rings is 3. The highest BCUT2D eigenvalue weighted by atomic mass is 32.1. The molecule has 0 unspecified atom stereocenters. The number of carbonyl (C=O) groups is 1. The molecule has 4 aromatic rings. The van der Waals surface area contributed by atoms with E-state index in [4.69, 9.17) is 26.1 Å². The van der Waals surface area contributed by atoms with Crippen molar-refractivity contribution < 1.29 is 23.8 Å². The predicted octanol–water partition coefficient (Wildman–Crippen LogP) is 4.10. The van der Waals surface area contributed by atoms with E-state index in [2.05, 4.69) is 15.6 Å². The van der Waals surface area contributed by atoms with E-state index >= 15 is 0 Å². The molecule has 1 aliphatic heterocycles. The molecule has 32 heavy (non-hydrogen) atoms. The number of anilines is 1. The minimum absolute atomic E-state index is 0.00772. The summed E-state index contributed by atoms with van der Waals surface area (Å²) < 4.78 is 16.7. The zero-order valence-electron chi connectivity index (χ0n) is 16.6. The Hall–Kier alpha value is -4.11. The van der Waals surface area contributed by atoms with Crippen LogP contribution in [0.2, 0.25) is 0 Å². The fourth-order valence-electron chi connectivity index (χ4n) is 3.29. The SMILES string of the molecule is O=C(NC(=S)Nc1ccc(O)c(-c2nc3ccccc3o2)c1)c1ccc2c(c1)OCCO2. The van der Waals surface area contributed by atoms with Crippen LogP contribution in [0.3, 0.4) is 0 Å². The molecule has 0 radical (unpaired) electrons. The monoisotopic (exact) mass is 447 g/mol. The Morgan fingerprint density at radius 3 is 2.66 bits per heavy atom. The van der Waals surface area contributed by atoms with Gasteiger partial charge < -0.3 is 24.3 Å². The average Bonchev–Trinajstić information content (AvgIpc) is 3.24. The summed E-state index contributed by atoms with van der Waals surface area (Å²) in [5.41, 5.74) is 2.63. The topological polar surface area (TPSA) is 106 Å². The van der Waals surface area contributed by atoms with Crippen LogP contribution in [-0.4, -0.2) is 34.3 Å². The lowest BCUT2D eigenvalue weighted by Crippen LogP contribution is -2.34. The Kier molecular flexibility index (Phi) is 5.08. The molecule has 0 aliphatic carbocycles. The van der Waals surface area contributed by atoms with Crippen molar-refractivity contribution in [2.45, 2.75) is 0 Å². The van der Waals surface area contributed by atoms with Gasteiger partial charge in [-0.05, 0) is 60.7 Å². The van der Waals surface area contributed by atoms with Gasteiger partial charge in [0.05, 0.1) is 5.56 Å². The van der Waals surface area contributed by atoms with Crippen molar-refractivity contribution in [3.05, 3.63) is 66.2 Å². The zero-order valence-corrected chi connectivity index (χ0v) is 17.4. The molecule has 3 aromatic carbocycles. The van der Waals surface area contributed by atoms with Crippen LogP contribution < -0.4 is 20.1 Å². The normalized spacial score (nSPS) is 12.4. The number of carbonyl (C=O) groups excluding carboxylic acids is 1. The number of nitrogens with one attached hydrogen (secondary N) is 2. The van der Waals surface area contributed by atoms with Gasteiger partial charge in [0.1, 0.15) is 24.5 Å². The number of nitrogens with zero attached hydrogens (tertiary/aromatic N) is 1. The summed E-state index contributed by atoms with van der Waals surface area (Å²) in [5, 5.41) is 16.0. The van der Waals surface area contributed by atoms with E-state index in [0.29, 0.717) is 52.6 Å². The summed E-state index contributed by atoms with van der Waals surface area (Å²) in [5.74, 6) is 1.01. The molecule has 0 saturated carbocycles. The van der Waals surface area contributed by atoms with Crippen molar-refractivity contribution in [1.29, 1.82) is 0 Å². The Balaban J connectivity index is 1.31. The number of para-hydroxylation sites is 2. The number of phenolic OH excluding ortho intramolecular Hbond substituents is 1. The van der Waals surface area contributed by atoms with Gasteiger partial charge in [0, 0.05) is 11.3 Å². The molecule has 3 N–H and O–H groups in total. The fourth-order valence-corrected chi connectivity index (χ4v) is 3.51. The van der Waals surface area contributed by atoms with E-state index in [1.807, 2.05) is 18.2 Å². The first-order valence-corrected chi connectivity index (χ1v) is 10.2. The lowest BCUT2D eigenvalue weighted by atomic mass is 10.1. The molecule has 0 saturated heterocycles. The summed E-state index contributed by atoms with van der Waals surface area (Å²) in [6.45, 7) is 0.909. The number of phenols is 1. The highest BCUT2D eigenvalue weighted by Gasteiger charge is 2.17. The van der Waals surface area contributed by atoms with Crippen LogP contribution in [-0.2, 0) is 0 Å². The van der Waals surface area contributed by atoms with Crippen LogP contribution in [0.25, 0.3) is 22.6 Å². The third kappa shape index (κ3) is 3.93. The van der Waals surface area contributed by atoms with Crippen LogP contribution in [0.4, 0.5) is 5.69 Å². The molecule has 9 heteroatoms. The van der Waals surface area contributed by atoms with E-state index in [1.165, 1.54) is 6.07 Å². The number of hydrogen-bond donors (Lipinski definition) is 3. The van der Waals surface area contributed by atoms with Gasteiger partial charge in [-0.15, -0.1) is 0 Å². The third-order valence-electron chi connectivity index (χ3n) is 4.81. The van der Waals surface area contributed by atoms with E-state index in [0.717, 1.165) is 0 Å². The highest BCUT2D eigenvalue weighted by Crippen LogP contribution is 2.33. The lowest BCUT2D eigenvalue weighted by Gasteiger charge is -2.18. The molecule has 0 spiro atoms. The van der Waals surface area contributed by atoms with Gasteiger partial charge in [-0.1, -0.05) is 12.1 Å². The van der Waals surface area contributed by atoms with Gasteiger partial charge in [0.25, 0.3) is 5.91 Å². The van der Waals surface area contributed by atoms with Gasteiger partial charge in [-0.25, -0.2) is 4.98 Å². The molecule has 0 bridgehead atoms. The number of aromatic nitrogens is 1. The van der Waals surface area contributed by atoms with E-state index < -0.39 is 5.91 Å². The number of thiocarbonyl (C=S) groups is 1. The minimum atomic E-state index is -0.391. The van der Waals surface area contributed by atoms with Crippen molar-refractivity contribution in [2.24, 2.45) is 0 Å². The maximum Gasteiger partial charge on any atom is 0.257 e. The first kappa shape index (κ1) is 19.8. The van der Waals surface area contributed by atoms with Crippen LogP contribution >= 0.6 is 12.2 Å². The Morgan fingerprint density at radius 2 is 1.81 bits per heavy atom. The maximum atomic E-state index is 12.6. The molecule has 0 fully saturated rings. The van der Waals surface area contributed by atoms with E-state index in [1.54, 1.807) is 36.4 Å².